The number of carbonyl (C=O) groups excluding carboxylic acids is 1. The first-order valence-corrected chi connectivity index (χ1v) is 16.3. The second kappa shape index (κ2) is 12.8. The first-order chi connectivity index (χ1) is 22.3. The van der Waals surface area contributed by atoms with Crippen molar-refractivity contribution >= 4 is 42.7 Å². The summed E-state index contributed by atoms with van der Waals surface area (Å²) in [6.45, 7) is -3.80. The number of nitrogens with zero attached hydrogens (tertiary/aromatic N) is 5. The average molecular weight is 703 g/mol. The number of hydrogen-bond donors (Lipinski definition) is 1. The van der Waals surface area contributed by atoms with Crippen molar-refractivity contribution in [2.45, 2.75) is 49.2 Å². The van der Waals surface area contributed by atoms with E-state index in [0.29, 0.717) is 27.2 Å². The maximum absolute atomic E-state index is 14.3. The molecule has 6 rings (SSSR count). The Morgan fingerprint density at radius 2 is 1.83 bits per heavy atom. The number of anilines is 1. The largest absolute Gasteiger partial charge is 0.573 e. The SMILES string of the molecule is O=C(NCc1ccc(OC(F)F)c(F)c1)[C@H]1CN(c2nc3nc(C4CC4)ncc3s2)CCN1S(=O)(=O)c1ccc(OC(F)(F)F)cc1. The molecule has 1 aliphatic carbocycles. The van der Waals surface area contributed by atoms with Crippen LogP contribution in [0.4, 0.5) is 31.5 Å². The molecule has 1 saturated carbocycles. The lowest BCUT2D eigenvalue weighted by atomic mass is 10.1. The summed E-state index contributed by atoms with van der Waals surface area (Å²) < 4.78 is 114. The lowest BCUT2D eigenvalue weighted by Crippen LogP contribution is -2.60. The number of amides is 1. The van der Waals surface area contributed by atoms with Gasteiger partial charge in [-0.15, -0.1) is 13.2 Å². The summed E-state index contributed by atoms with van der Waals surface area (Å²) in [5, 5.41) is 3.03. The summed E-state index contributed by atoms with van der Waals surface area (Å²) in [5.74, 6) is -2.20. The highest BCUT2D eigenvalue weighted by Gasteiger charge is 2.41. The van der Waals surface area contributed by atoms with Crippen LogP contribution in [-0.4, -0.2) is 72.2 Å². The Hall–Kier alpha value is -4.23. The second-order valence-electron chi connectivity index (χ2n) is 10.6. The molecule has 2 aromatic carbocycles. The molecule has 0 bridgehead atoms. The van der Waals surface area contributed by atoms with E-state index in [1.165, 1.54) is 17.4 Å². The molecule has 11 nitrogen and oxygen atoms in total. The van der Waals surface area contributed by atoms with Crippen molar-refractivity contribution in [3.05, 3.63) is 65.9 Å². The standard InChI is InChI=1S/C28H24F6N6O5S2/c29-19-11-15(1-8-21(19)44-26(30)31)12-36-25(41)20-14-39(27-38-24-22(46-27)13-35-23(37-24)16-2-3-16)9-10-40(20)47(42,43)18-6-4-17(5-7-18)45-28(32,33)34/h1,4-8,11,13,16,20,26H,2-3,9-10,12,14H2,(H,36,41)/t20-/m1/s1. The highest BCUT2D eigenvalue weighted by molar-refractivity contribution is 7.89. The molecule has 250 valence electrons. The van der Waals surface area contributed by atoms with Crippen LogP contribution in [0.5, 0.6) is 11.5 Å². The molecule has 1 aliphatic heterocycles. The van der Waals surface area contributed by atoms with Crippen LogP contribution in [0.1, 0.15) is 30.1 Å². The van der Waals surface area contributed by atoms with Gasteiger partial charge in [0.25, 0.3) is 0 Å². The fourth-order valence-electron chi connectivity index (χ4n) is 4.96. The topological polar surface area (TPSA) is 127 Å². The van der Waals surface area contributed by atoms with E-state index < -0.39 is 52.3 Å². The molecule has 0 spiro atoms. The van der Waals surface area contributed by atoms with Gasteiger partial charge in [0.05, 0.1) is 15.8 Å². The lowest BCUT2D eigenvalue weighted by Gasteiger charge is -2.39. The lowest BCUT2D eigenvalue weighted by molar-refractivity contribution is -0.274. The predicted molar refractivity (Wildman–Crippen MR) is 155 cm³/mol. The summed E-state index contributed by atoms with van der Waals surface area (Å²) in [4.78, 5) is 28.5. The number of nitrogens with one attached hydrogen (secondary N) is 1. The highest BCUT2D eigenvalue weighted by atomic mass is 32.2. The van der Waals surface area contributed by atoms with Gasteiger partial charge in [-0.2, -0.15) is 18.1 Å². The zero-order chi connectivity index (χ0) is 33.5. The van der Waals surface area contributed by atoms with Crippen molar-refractivity contribution in [1.29, 1.82) is 0 Å². The van der Waals surface area contributed by atoms with Gasteiger partial charge in [0.15, 0.2) is 22.3 Å². The first-order valence-electron chi connectivity index (χ1n) is 14.0. The molecule has 2 aliphatic rings. The predicted octanol–water partition coefficient (Wildman–Crippen LogP) is 4.80. The number of ether oxygens (including phenoxy) is 2. The minimum Gasteiger partial charge on any atom is -0.432 e. The molecule has 2 fully saturated rings. The van der Waals surface area contributed by atoms with Crippen LogP contribution in [0.15, 0.2) is 53.6 Å². The maximum atomic E-state index is 14.3. The molecule has 2 aromatic heterocycles. The minimum atomic E-state index is -4.98. The number of piperazine rings is 1. The normalized spacial score (nSPS) is 17.7. The van der Waals surface area contributed by atoms with Crippen molar-refractivity contribution in [3.63, 3.8) is 0 Å². The van der Waals surface area contributed by atoms with E-state index in [0.717, 1.165) is 53.5 Å². The molecule has 0 unspecified atom stereocenters. The van der Waals surface area contributed by atoms with Gasteiger partial charge in [-0.05, 0) is 54.8 Å². The smallest absolute Gasteiger partial charge is 0.432 e. The zero-order valence-corrected chi connectivity index (χ0v) is 25.6. The second-order valence-corrected chi connectivity index (χ2v) is 13.5. The van der Waals surface area contributed by atoms with Crippen LogP contribution in [0.3, 0.4) is 0 Å². The molecule has 4 aromatic rings. The van der Waals surface area contributed by atoms with Crippen LogP contribution in [-0.2, 0) is 21.4 Å². The molecular formula is C28H24F6N6O5S2. The molecule has 1 N–H and O–H groups in total. The van der Waals surface area contributed by atoms with Crippen molar-refractivity contribution in [3.8, 4) is 11.5 Å². The minimum absolute atomic E-state index is 0.109. The molecular weight excluding hydrogens is 678 g/mol. The summed E-state index contributed by atoms with van der Waals surface area (Å²) in [6, 6.07) is 5.32. The number of rotatable bonds is 10. The number of alkyl halides is 5. The Morgan fingerprint density at radius 1 is 1.09 bits per heavy atom. The molecule has 19 heteroatoms. The highest BCUT2D eigenvalue weighted by Crippen LogP contribution is 2.39. The van der Waals surface area contributed by atoms with Crippen molar-refractivity contribution in [2.75, 3.05) is 24.5 Å². The summed E-state index contributed by atoms with van der Waals surface area (Å²) in [5.41, 5.74) is 0.649. The van der Waals surface area contributed by atoms with Crippen LogP contribution < -0.4 is 19.7 Å². The number of sulfonamides is 1. The molecule has 1 atom stereocenters. The van der Waals surface area contributed by atoms with Gasteiger partial charge in [-0.1, -0.05) is 17.4 Å². The van der Waals surface area contributed by atoms with E-state index >= 15 is 0 Å². The van der Waals surface area contributed by atoms with Crippen LogP contribution in [0, 0.1) is 5.82 Å². The number of halogens is 6. The van der Waals surface area contributed by atoms with Crippen LogP contribution >= 0.6 is 11.3 Å². The van der Waals surface area contributed by atoms with Gasteiger partial charge in [0.1, 0.15) is 17.6 Å². The van der Waals surface area contributed by atoms with E-state index in [1.807, 2.05) is 0 Å². The van der Waals surface area contributed by atoms with E-state index in [9.17, 15) is 39.6 Å². The Labute approximate surface area is 267 Å². The Morgan fingerprint density at radius 3 is 2.49 bits per heavy atom. The zero-order valence-electron chi connectivity index (χ0n) is 24.0. The van der Waals surface area contributed by atoms with Gasteiger partial charge in [0, 0.05) is 32.1 Å². The van der Waals surface area contributed by atoms with Gasteiger partial charge in [-0.3, -0.25) is 4.79 Å². The summed E-state index contributed by atoms with van der Waals surface area (Å²) in [6.07, 6.45) is -1.32. The number of carbonyl (C=O) groups is 1. The number of hydrogen-bond acceptors (Lipinski definition) is 10. The van der Waals surface area contributed by atoms with E-state index in [-0.39, 0.29) is 36.6 Å². The van der Waals surface area contributed by atoms with Gasteiger partial charge >= 0.3 is 13.0 Å². The number of thiazole rings is 1. The van der Waals surface area contributed by atoms with Crippen LogP contribution in [0.2, 0.25) is 0 Å². The number of aromatic nitrogens is 3. The molecule has 0 radical (unpaired) electrons. The first kappa shape index (κ1) is 32.7. The van der Waals surface area contributed by atoms with Gasteiger partial charge in [0.2, 0.25) is 15.9 Å². The van der Waals surface area contributed by atoms with Crippen LogP contribution in [0.25, 0.3) is 10.3 Å². The fraction of sp³-hybridized carbons (Fsp3) is 0.357. The number of fused-ring (bicyclic) bond motifs is 1. The van der Waals surface area contributed by atoms with Gasteiger partial charge < -0.3 is 19.7 Å². The Kier molecular flexibility index (Phi) is 8.88. The number of benzene rings is 2. The molecule has 47 heavy (non-hydrogen) atoms. The average Bonchev–Trinajstić information content (AvgIpc) is 3.78. The third kappa shape index (κ3) is 7.51. The van der Waals surface area contributed by atoms with E-state index in [4.69, 9.17) is 0 Å². The van der Waals surface area contributed by atoms with Crippen molar-refractivity contribution in [2.24, 2.45) is 0 Å². The maximum Gasteiger partial charge on any atom is 0.573 e. The monoisotopic (exact) mass is 702 g/mol. The molecule has 1 saturated heterocycles. The third-order valence-corrected chi connectivity index (χ3v) is 10.3. The Bertz CT molecular complexity index is 1890. The molecule has 1 amide bonds. The fourth-order valence-corrected chi connectivity index (χ4v) is 7.44. The van der Waals surface area contributed by atoms with E-state index in [1.54, 1.807) is 11.1 Å². The third-order valence-electron chi connectivity index (χ3n) is 7.35. The Balaban J connectivity index is 1.25. The quantitative estimate of drug-likeness (QED) is 0.232. The summed E-state index contributed by atoms with van der Waals surface area (Å²) in [7, 11) is -4.44. The van der Waals surface area contributed by atoms with Crippen molar-refractivity contribution < 1.29 is 49.0 Å². The van der Waals surface area contributed by atoms with Gasteiger partial charge in [-0.25, -0.2) is 22.8 Å². The summed E-state index contributed by atoms with van der Waals surface area (Å²) >= 11 is 1.26. The van der Waals surface area contributed by atoms with E-state index in [2.05, 4.69) is 29.7 Å². The van der Waals surface area contributed by atoms with Crippen molar-refractivity contribution in [1.82, 2.24) is 24.6 Å². The molecule has 3 heterocycles.